The molecule has 0 aromatic heterocycles. The van der Waals surface area contributed by atoms with Crippen LogP contribution in [-0.2, 0) is 9.59 Å². The number of halogens is 1. The molecule has 0 aliphatic carbocycles. The van der Waals surface area contributed by atoms with Crippen LogP contribution in [0.1, 0.15) is 19.3 Å². The molecule has 0 aliphatic heterocycles. The van der Waals surface area contributed by atoms with E-state index in [1.165, 1.54) is 11.8 Å². The fourth-order valence-electron chi connectivity index (χ4n) is 1.39. The molecule has 19 heavy (non-hydrogen) atoms. The molecule has 104 valence electrons. The van der Waals surface area contributed by atoms with Crippen molar-refractivity contribution >= 4 is 40.9 Å². The van der Waals surface area contributed by atoms with E-state index in [0.717, 1.165) is 12.2 Å². The van der Waals surface area contributed by atoms with Gasteiger partial charge in [-0.2, -0.15) is 11.8 Å². The molecule has 0 radical (unpaired) electrons. The summed E-state index contributed by atoms with van der Waals surface area (Å²) in [4.78, 5) is 21.9. The highest BCUT2D eigenvalue weighted by Crippen LogP contribution is 2.20. The number of unbranched alkanes of at least 4 members (excludes halogenated alkanes) is 1. The molecular weight excluding hydrogens is 286 g/mol. The summed E-state index contributed by atoms with van der Waals surface area (Å²) in [6.07, 6.45) is 1.64. The molecule has 4 nitrogen and oxygen atoms in total. The van der Waals surface area contributed by atoms with Gasteiger partial charge in [-0.3, -0.25) is 9.59 Å². The Bertz CT molecular complexity index is 440. The Labute approximate surface area is 121 Å². The van der Waals surface area contributed by atoms with Crippen LogP contribution in [0, 0.1) is 0 Å². The van der Waals surface area contributed by atoms with Gasteiger partial charge in [0.2, 0.25) is 5.91 Å². The number of benzene rings is 1. The van der Waals surface area contributed by atoms with Crippen LogP contribution >= 0.6 is 23.4 Å². The lowest BCUT2D eigenvalue weighted by molar-refractivity contribution is -0.137. The lowest BCUT2D eigenvalue weighted by Crippen LogP contribution is -2.14. The van der Waals surface area contributed by atoms with Crippen LogP contribution in [0.15, 0.2) is 24.3 Å². The molecule has 0 atom stereocenters. The van der Waals surface area contributed by atoms with Crippen molar-refractivity contribution in [2.75, 3.05) is 16.8 Å². The Morgan fingerprint density at radius 2 is 2.00 bits per heavy atom. The van der Waals surface area contributed by atoms with E-state index in [2.05, 4.69) is 5.32 Å². The number of thioether (sulfide) groups is 1. The quantitative estimate of drug-likeness (QED) is 0.723. The summed E-state index contributed by atoms with van der Waals surface area (Å²) in [5.41, 5.74) is 0.612. The second kappa shape index (κ2) is 8.82. The number of carboxylic acids is 1. The summed E-state index contributed by atoms with van der Waals surface area (Å²) in [5.74, 6) is 0.249. The summed E-state index contributed by atoms with van der Waals surface area (Å²) < 4.78 is 0. The molecule has 0 saturated carbocycles. The summed E-state index contributed by atoms with van der Waals surface area (Å²) >= 11 is 7.41. The molecule has 0 aliphatic rings. The third kappa shape index (κ3) is 7.08. The molecular formula is C13H16ClNO3S. The second-order valence-electron chi connectivity index (χ2n) is 3.93. The first-order valence-corrected chi connectivity index (χ1v) is 7.47. The van der Waals surface area contributed by atoms with Gasteiger partial charge in [0.05, 0.1) is 16.5 Å². The van der Waals surface area contributed by atoms with Crippen molar-refractivity contribution in [3.8, 4) is 0 Å². The Balaban J connectivity index is 2.15. The Morgan fingerprint density at radius 1 is 1.26 bits per heavy atom. The number of para-hydroxylation sites is 1. The predicted octanol–water partition coefficient (Wildman–Crippen LogP) is 3.27. The second-order valence-corrected chi connectivity index (χ2v) is 5.44. The van der Waals surface area contributed by atoms with Gasteiger partial charge >= 0.3 is 5.97 Å². The van der Waals surface area contributed by atoms with Gasteiger partial charge in [0.15, 0.2) is 0 Å². The number of carbonyl (C=O) groups excluding carboxylic acids is 1. The first-order valence-electron chi connectivity index (χ1n) is 5.93. The number of carboxylic acid groups (broad SMARTS) is 1. The van der Waals surface area contributed by atoms with Crippen LogP contribution in [0.25, 0.3) is 0 Å². The van der Waals surface area contributed by atoms with E-state index in [0.29, 0.717) is 22.9 Å². The van der Waals surface area contributed by atoms with Gasteiger partial charge in [-0.15, -0.1) is 0 Å². The number of aliphatic carboxylic acids is 1. The van der Waals surface area contributed by atoms with E-state index >= 15 is 0 Å². The molecule has 0 heterocycles. The molecule has 0 spiro atoms. The van der Waals surface area contributed by atoms with Crippen molar-refractivity contribution in [2.24, 2.45) is 0 Å². The Kier molecular flexibility index (Phi) is 7.36. The van der Waals surface area contributed by atoms with E-state index < -0.39 is 5.97 Å². The molecule has 1 rings (SSSR count). The van der Waals surface area contributed by atoms with Crippen LogP contribution in [0.2, 0.25) is 5.02 Å². The van der Waals surface area contributed by atoms with E-state index in [1.807, 2.05) is 0 Å². The molecule has 1 aromatic rings. The number of carbonyl (C=O) groups is 2. The van der Waals surface area contributed by atoms with E-state index in [-0.39, 0.29) is 12.3 Å². The van der Waals surface area contributed by atoms with Crippen molar-refractivity contribution < 1.29 is 14.7 Å². The largest absolute Gasteiger partial charge is 0.481 e. The Morgan fingerprint density at radius 3 is 2.68 bits per heavy atom. The third-order valence-corrected chi connectivity index (χ3v) is 3.68. The molecule has 1 aromatic carbocycles. The topological polar surface area (TPSA) is 66.4 Å². The molecule has 0 fully saturated rings. The minimum absolute atomic E-state index is 0.101. The summed E-state index contributed by atoms with van der Waals surface area (Å²) in [7, 11) is 0. The lowest BCUT2D eigenvalue weighted by Gasteiger charge is -2.06. The zero-order valence-electron chi connectivity index (χ0n) is 10.4. The van der Waals surface area contributed by atoms with E-state index in [1.54, 1.807) is 24.3 Å². The standard InChI is InChI=1S/C13H16ClNO3S/c14-10-5-1-2-6-11(10)15-12(16)9-19-8-4-3-7-13(17)18/h1-2,5-6H,3-4,7-9H2,(H,15,16)(H,17,18). The molecule has 0 saturated heterocycles. The zero-order valence-corrected chi connectivity index (χ0v) is 12.0. The fourth-order valence-corrected chi connectivity index (χ4v) is 2.39. The molecule has 2 N–H and O–H groups in total. The highest BCUT2D eigenvalue weighted by molar-refractivity contribution is 7.99. The maximum absolute atomic E-state index is 11.6. The number of amides is 1. The molecule has 1 amide bonds. The number of rotatable bonds is 8. The highest BCUT2D eigenvalue weighted by Gasteiger charge is 2.05. The van der Waals surface area contributed by atoms with Gasteiger partial charge in [-0.05, 0) is 30.7 Å². The van der Waals surface area contributed by atoms with Crippen molar-refractivity contribution in [2.45, 2.75) is 19.3 Å². The van der Waals surface area contributed by atoms with Gasteiger partial charge in [-0.25, -0.2) is 0 Å². The number of anilines is 1. The normalized spacial score (nSPS) is 10.2. The van der Waals surface area contributed by atoms with Gasteiger partial charge in [0.1, 0.15) is 0 Å². The number of nitrogens with one attached hydrogen (secondary N) is 1. The first kappa shape index (κ1) is 15.9. The monoisotopic (exact) mass is 301 g/mol. The number of hydrogen-bond acceptors (Lipinski definition) is 3. The maximum Gasteiger partial charge on any atom is 0.303 e. The minimum Gasteiger partial charge on any atom is -0.481 e. The first-order chi connectivity index (χ1) is 9.09. The van der Waals surface area contributed by atoms with Crippen LogP contribution in [0.4, 0.5) is 5.69 Å². The van der Waals surface area contributed by atoms with Crippen molar-refractivity contribution in [3.05, 3.63) is 29.3 Å². The maximum atomic E-state index is 11.6. The van der Waals surface area contributed by atoms with Crippen molar-refractivity contribution in [3.63, 3.8) is 0 Å². The predicted molar refractivity (Wildman–Crippen MR) is 78.9 cm³/mol. The minimum atomic E-state index is -0.776. The molecule has 0 bridgehead atoms. The zero-order chi connectivity index (χ0) is 14.1. The van der Waals surface area contributed by atoms with Crippen LogP contribution in [0.3, 0.4) is 0 Å². The van der Waals surface area contributed by atoms with Crippen molar-refractivity contribution in [1.29, 1.82) is 0 Å². The lowest BCUT2D eigenvalue weighted by atomic mass is 10.3. The van der Waals surface area contributed by atoms with Crippen LogP contribution in [-0.4, -0.2) is 28.5 Å². The summed E-state index contributed by atoms with van der Waals surface area (Å²) in [6.45, 7) is 0. The smallest absolute Gasteiger partial charge is 0.303 e. The Hall–Kier alpha value is -1.20. The number of hydrogen-bond donors (Lipinski definition) is 2. The van der Waals surface area contributed by atoms with Crippen LogP contribution in [0.5, 0.6) is 0 Å². The van der Waals surface area contributed by atoms with Gasteiger partial charge in [0, 0.05) is 6.42 Å². The average Bonchev–Trinajstić information content (AvgIpc) is 2.36. The summed E-state index contributed by atoms with van der Waals surface area (Å²) in [5, 5.41) is 11.7. The van der Waals surface area contributed by atoms with Gasteiger partial charge in [0.25, 0.3) is 0 Å². The van der Waals surface area contributed by atoms with E-state index in [4.69, 9.17) is 16.7 Å². The fraction of sp³-hybridized carbons (Fsp3) is 0.385. The SMILES string of the molecule is O=C(O)CCCCSCC(=O)Nc1ccccc1Cl. The molecule has 0 unspecified atom stereocenters. The van der Waals surface area contributed by atoms with Crippen molar-refractivity contribution in [1.82, 2.24) is 0 Å². The third-order valence-electron chi connectivity index (χ3n) is 2.31. The van der Waals surface area contributed by atoms with Crippen LogP contribution < -0.4 is 5.32 Å². The summed E-state index contributed by atoms with van der Waals surface area (Å²) in [6, 6.07) is 7.07. The van der Waals surface area contributed by atoms with Gasteiger partial charge < -0.3 is 10.4 Å². The van der Waals surface area contributed by atoms with E-state index in [9.17, 15) is 9.59 Å². The molecule has 6 heteroatoms. The average molecular weight is 302 g/mol. The van der Waals surface area contributed by atoms with Gasteiger partial charge in [-0.1, -0.05) is 23.7 Å². The highest BCUT2D eigenvalue weighted by atomic mass is 35.5.